The van der Waals surface area contributed by atoms with Crippen molar-refractivity contribution in [2.24, 2.45) is 0 Å². The fourth-order valence-electron chi connectivity index (χ4n) is 4.31. The van der Waals surface area contributed by atoms with Crippen LogP contribution in [-0.2, 0) is 0 Å². The van der Waals surface area contributed by atoms with Crippen LogP contribution in [0.15, 0.2) is 91.3 Å². The first kappa shape index (κ1) is 21.0. The van der Waals surface area contributed by atoms with E-state index in [1.807, 2.05) is 60.8 Å². The summed E-state index contributed by atoms with van der Waals surface area (Å²) in [6.45, 7) is 0. The highest BCUT2D eigenvalue weighted by atomic mass is 32.1. The Morgan fingerprint density at radius 2 is 1.67 bits per heavy atom. The molecule has 2 aromatic heterocycles. The standard InChI is InChI=1S/C26H24N4O2S/c1-31-20-13-11-18(12-14-20)29-16-6-10-23(29)25-24(22-9-3-4-15-27-22)28-26(33)30(25)19-7-5-8-21(17-19)32-2/h3-17,24-25H,1-2H3,(H,28,33). The third-order valence-electron chi connectivity index (χ3n) is 5.86. The molecule has 1 saturated heterocycles. The van der Waals surface area contributed by atoms with Crippen LogP contribution in [0, 0.1) is 0 Å². The Morgan fingerprint density at radius 3 is 2.39 bits per heavy atom. The van der Waals surface area contributed by atoms with Crippen molar-refractivity contribution in [3.8, 4) is 17.2 Å². The molecule has 5 rings (SSSR count). The minimum Gasteiger partial charge on any atom is -0.497 e. The molecule has 1 fully saturated rings. The molecule has 0 aliphatic carbocycles. The lowest BCUT2D eigenvalue weighted by molar-refractivity contribution is 0.414. The lowest BCUT2D eigenvalue weighted by atomic mass is 10.0. The van der Waals surface area contributed by atoms with Crippen LogP contribution in [0.5, 0.6) is 11.5 Å². The molecule has 0 saturated carbocycles. The van der Waals surface area contributed by atoms with Gasteiger partial charge in [-0.25, -0.2) is 0 Å². The number of pyridine rings is 1. The summed E-state index contributed by atoms with van der Waals surface area (Å²) in [5, 5.41) is 4.16. The topological polar surface area (TPSA) is 51.5 Å². The number of hydrogen-bond donors (Lipinski definition) is 1. The summed E-state index contributed by atoms with van der Waals surface area (Å²) in [7, 11) is 3.34. The van der Waals surface area contributed by atoms with Crippen molar-refractivity contribution >= 4 is 23.0 Å². The molecule has 4 aromatic rings. The first-order chi connectivity index (χ1) is 16.2. The predicted molar refractivity (Wildman–Crippen MR) is 133 cm³/mol. The molecular formula is C26H24N4O2S. The highest BCUT2D eigenvalue weighted by Gasteiger charge is 2.42. The van der Waals surface area contributed by atoms with Crippen LogP contribution < -0.4 is 19.7 Å². The average molecular weight is 457 g/mol. The molecule has 0 radical (unpaired) electrons. The third-order valence-corrected chi connectivity index (χ3v) is 6.18. The van der Waals surface area contributed by atoms with Gasteiger partial charge in [0.15, 0.2) is 5.11 Å². The van der Waals surface area contributed by atoms with Crippen molar-refractivity contribution < 1.29 is 9.47 Å². The lowest BCUT2D eigenvalue weighted by Crippen LogP contribution is -2.30. The number of benzene rings is 2. The van der Waals surface area contributed by atoms with E-state index < -0.39 is 0 Å². The van der Waals surface area contributed by atoms with Gasteiger partial charge in [-0.05, 0) is 72.9 Å². The van der Waals surface area contributed by atoms with Crippen molar-refractivity contribution in [2.75, 3.05) is 19.1 Å². The number of aromatic nitrogens is 2. The molecule has 7 heteroatoms. The van der Waals surface area contributed by atoms with E-state index in [-0.39, 0.29) is 12.1 Å². The molecule has 1 N–H and O–H groups in total. The van der Waals surface area contributed by atoms with Gasteiger partial charge < -0.3 is 24.3 Å². The van der Waals surface area contributed by atoms with Gasteiger partial charge in [-0.3, -0.25) is 4.98 Å². The van der Waals surface area contributed by atoms with Gasteiger partial charge in [-0.15, -0.1) is 0 Å². The summed E-state index contributed by atoms with van der Waals surface area (Å²) in [6, 6.07) is 25.9. The molecular weight excluding hydrogens is 432 g/mol. The van der Waals surface area contributed by atoms with E-state index in [0.29, 0.717) is 5.11 Å². The number of nitrogens with one attached hydrogen (secondary N) is 1. The average Bonchev–Trinajstić information content (AvgIpc) is 3.49. The van der Waals surface area contributed by atoms with Crippen LogP contribution >= 0.6 is 12.2 Å². The summed E-state index contributed by atoms with van der Waals surface area (Å²) < 4.78 is 13.0. The van der Waals surface area contributed by atoms with Gasteiger partial charge in [0, 0.05) is 35.5 Å². The zero-order valence-electron chi connectivity index (χ0n) is 18.4. The van der Waals surface area contributed by atoms with E-state index in [0.717, 1.165) is 34.3 Å². The van der Waals surface area contributed by atoms with Crippen LogP contribution in [0.3, 0.4) is 0 Å². The highest BCUT2D eigenvalue weighted by molar-refractivity contribution is 7.80. The minimum absolute atomic E-state index is 0.128. The van der Waals surface area contributed by atoms with Crippen molar-refractivity contribution in [1.82, 2.24) is 14.9 Å². The number of hydrogen-bond acceptors (Lipinski definition) is 4. The third kappa shape index (κ3) is 3.91. The van der Waals surface area contributed by atoms with Gasteiger partial charge in [-0.1, -0.05) is 12.1 Å². The fraction of sp³-hybridized carbons (Fsp3) is 0.154. The highest BCUT2D eigenvalue weighted by Crippen LogP contribution is 2.42. The molecule has 0 amide bonds. The quantitative estimate of drug-likeness (QED) is 0.409. The molecule has 2 unspecified atom stereocenters. The summed E-state index contributed by atoms with van der Waals surface area (Å²) in [5.74, 6) is 1.60. The maximum atomic E-state index is 5.84. The molecule has 1 aliphatic rings. The zero-order chi connectivity index (χ0) is 22.8. The van der Waals surface area contributed by atoms with Crippen molar-refractivity contribution in [3.05, 3.63) is 103 Å². The first-order valence-corrected chi connectivity index (χ1v) is 11.1. The number of nitrogens with zero attached hydrogens (tertiary/aromatic N) is 3. The second kappa shape index (κ2) is 8.96. The van der Waals surface area contributed by atoms with Crippen molar-refractivity contribution in [2.45, 2.75) is 12.1 Å². The van der Waals surface area contributed by atoms with Gasteiger partial charge in [-0.2, -0.15) is 0 Å². The van der Waals surface area contributed by atoms with Crippen LogP contribution in [0.2, 0.25) is 0 Å². The van der Waals surface area contributed by atoms with Gasteiger partial charge >= 0.3 is 0 Å². The molecule has 1 aliphatic heterocycles. The van der Waals surface area contributed by atoms with Crippen LogP contribution in [0.4, 0.5) is 5.69 Å². The second-order valence-electron chi connectivity index (χ2n) is 7.70. The Morgan fingerprint density at radius 1 is 0.848 bits per heavy atom. The Balaban J connectivity index is 1.64. The van der Waals surface area contributed by atoms with E-state index in [2.05, 4.69) is 50.2 Å². The first-order valence-electron chi connectivity index (χ1n) is 10.7. The van der Waals surface area contributed by atoms with Crippen LogP contribution in [0.25, 0.3) is 5.69 Å². The van der Waals surface area contributed by atoms with Gasteiger partial charge in [0.25, 0.3) is 0 Å². The molecule has 3 heterocycles. The molecule has 0 spiro atoms. The van der Waals surface area contributed by atoms with E-state index in [4.69, 9.17) is 21.7 Å². The van der Waals surface area contributed by atoms with Crippen LogP contribution in [-0.4, -0.2) is 28.9 Å². The van der Waals surface area contributed by atoms with E-state index in [1.54, 1.807) is 14.2 Å². The van der Waals surface area contributed by atoms with Gasteiger partial charge in [0.05, 0.1) is 26.0 Å². The monoisotopic (exact) mass is 456 g/mol. The Bertz CT molecular complexity index is 1260. The zero-order valence-corrected chi connectivity index (χ0v) is 19.2. The number of methoxy groups -OCH3 is 2. The van der Waals surface area contributed by atoms with Gasteiger partial charge in [0.1, 0.15) is 17.5 Å². The molecule has 166 valence electrons. The Hall–Kier alpha value is -3.84. The fourth-order valence-corrected chi connectivity index (χ4v) is 4.65. The summed E-state index contributed by atoms with van der Waals surface area (Å²) in [5.41, 5.74) is 4.01. The minimum atomic E-state index is -0.128. The summed E-state index contributed by atoms with van der Waals surface area (Å²) in [4.78, 5) is 6.79. The Labute approximate surface area is 198 Å². The largest absolute Gasteiger partial charge is 0.497 e. The van der Waals surface area contributed by atoms with E-state index in [1.165, 1.54) is 0 Å². The van der Waals surface area contributed by atoms with E-state index >= 15 is 0 Å². The number of ether oxygens (including phenoxy) is 2. The maximum Gasteiger partial charge on any atom is 0.174 e. The van der Waals surface area contributed by atoms with Crippen molar-refractivity contribution in [1.29, 1.82) is 0 Å². The van der Waals surface area contributed by atoms with Crippen LogP contribution in [0.1, 0.15) is 23.5 Å². The van der Waals surface area contributed by atoms with Gasteiger partial charge in [0.2, 0.25) is 0 Å². The molecule has 33 heavy (non-hydrogen) atoms. The second-order valence-corrected chi connectivity index (χ2v) is 8.09. The SMILES string of the molecule is COc1ccc(-n2cccc2C2C(c3ccccn3)NC(=S)N2c2cccc(OC)c2)cc1. The summed E-state index contributed by atoms with van der Waals surface area (Å²) >= 11 is 5.84. The smallest absolute Gasteiger partial charge is 0.174 e. The van der Waals surface area contributed by atoms with Crippen molar-refractivity contribution in [3.63, 3.8) is 0 Å². The number of thiocarbonyl (C=S) groups is 1. The predicted octanol–water partition coefficient (Wildman–Crippen LogP) is 5.07. The molecule has 2 atom stereocenters. The lowest BCUT2D eigenvalue weighted by Gasteiger charge is -2.29. The van der Waals surface area contributed by atoms with E-state index in [9.17, 15) is 0 Å². The molecule has 0 bridgehead atoms. The normalized spacial score (nSPS) is 17.6. The maximum absolute atomic E-state index is 5.84. The number of rotatable bonds is 6. The summed E-state index contributed by atoms with van der Waals surface area (Å²) in [6.07, 6.45) is 3.88. The Kier molecular flexibility index (Phi) is 5.71. The molecule has 6 nitrogen and oxygen atoms in total. The molecule has 2 aromatic carbocycles. The number of anilines is 1.